The van der Waals surface area contributed by atoms with E-state index in [0.29, 0.717) is 22.4 Å². The Morgan fingerprint density at radius 2 is 2.00 bits per heavy atom. The first-order valence-corrected chi connectivity index (χ1v) is 10.6. The quantitative estimate of drug-likeness (QED) is 0.474. The van der Waals surface area contributed by atoms with Gasteiger partial charge in [-0.3, -0.25) is 4.79 Å². The summed E-state index contributed by atoms with van der Waals surface area (Å²) in [6.45, 7) is 2.71. The molecule has 1 aromatic heterocycles. The van der Waals surface area contributed by atoms with Crippen molar-refractivity contribution in [2.75, 3.05) is 18.2 Å². The lowest BCUT2D eigenvalue weighted by Crippen LogP contribution is -2.15. The minimum Gasteiger partial charge on any atom is -0.497 e. The Bertz CT molecular complexity index is 979. The van der Waals surface area contributed by atoms with Crippen LogP contribution in [0.5, 0.6) is 5.75 Å². The monoisotopic (exact) mass is 480 g/mol. The van der Waals surface area contributed by atoms with Crippen molar-refractivity contribution < 1.29 is 9.53 Å². The molecule has 0 unspecified atom stereocenters. The van der Waals surface area contributed by atoms with E-state index in [0.717, 1.165) is 21.6 Å². The third-order valence-corrected chi connectivity index (χ3v) is 5.69. The Balaban J connectivity index is 1.68. The number of nitrogens with one attached hydrogen (secondary N) is 1. The second-order valence-corrected chi connectivity index (χ2v) is 8.01. The molecule has 28 heavy (non-hydrogen) atoms. The lowest BCUT2D eigenvalue weighted by molar-refractivity contribution is -0.113. The number of methoxy groups -OCH3 is 1. The van der Waals surface area contributed by atoms with Gasteiger partial charge in [-0.05, 0) is 49.4 Å². The van der Waals surface area contributed by atoms with E-state index in [1.165, 1.54) is 11.8 Å². The number of carbonyl (C=O) groups excluding carboxylic acids is 1. The standard InChI is InChI=1S/C19H18BrClN4O2S/c1-3-25-18(12-4-7-14(27-2)8-5-12)23-24-19(25)28-11-17(26)22-16-9-6-13(20)10-15(16)21/h4-10H,3,11H2,1-2H3,(H,22,26). The van der Waals surface area contributed by atoms with E-state index in [-0.39, 0.29) is 11.7 Å². The summed E-state index contributed by atoms with van der Waals surface area (Å²) in [6, 6.07) is 12.9. The maximum absolute atomic E-state index is 12.3. The van der Waals surface area contributed by atoms with Gasteiger partial charge >= 0.3 is 0 Å². The SMILES string of the molecule is CCn1c(SCC(=O)Nc2ccc(Br)cc2Cl)nnc1-c1ccc(OC)cc1. The van der Waals surface area contributed by atoms with Crippen molar-refractivity contribution in [3.63, 3.8) is 0 Å². The summed E-state index contributed by atoms with van der Waals surface area (Å²) in [4.78, 5) is 12.3. The zero-order valence-electron chi connectivity index (χ0n) is 15.3. The molecular formula is C19H18BrClN4O2S. The van der Waals surface area contributed by atoms with Crippen molar-refractivity contribution in [2.24, 2.45) is 0 Å². The van der Waals surface area contributed by atoms with Crippen molar-refractivity contribution in [2.45, 2.75) is 18.6 Å². The third kappa shape index (κ3) is 4.87. The summed E-state index contributed by atoms with van der Waals surface area (Å²) in [5.74, 6) is 1.58. The predicted molar refractivity (Wildman–Crippen MR) is 116 cm³/mol. The summed E-state index contributed by atoms with van der Waals surface area (Å²) >= 11 is 10.8. The molecule has 1 heterocycles. The lowest BCUT2D eigenvalue weighted by Gasteiger charge is -2.09. The average molecular weight is 482 g/mol. The molecule has 2 aromatic carbocycles. The Morgan fingerprint density at radius 1 is 1.25 bits per heavy atom. The van der Waals surface area contributed by atoms with E-state index in [4.69, 9.17) is 16.3 Å². The van der Waals surface area contributed by atoms with Gasteiger partial charge in [0.25, 0.3) is 0 Å². The fourth-order valence-electron chi connectivity index (χ4n) is 2.54. The lowest BCUT2D eigenvalue weighted by atomic mass is 10.2. The number of nitrogens with zero attached hydrogens (tertiary/aromatic N) is 3. The molecule has 0 bridgehead atoms. The molecule has 0 aliphatic carbocycles. The number of hydrogen-bond donors (Lipinski definition) is 1. The number of rotatable bonds is 7. The van der Waals surface area contributed by atoms with Gasteiger partial charge in [0.1, 0.15) is 5.75 Å². The fraction of sp³-hybridized carbons (Fsp3) is 0.211. The minimum atomic E-state index is -0.161. The van der Waals surface area contributed by atoms with Crippen LogP contribution in [0.1, 0.15) is 6.92 Å². The summed E-state index contributed by atoms with van der Waals surface area (Å²) in [7, 11) is 1.63. The van der Waals surface area contributed by atoms with Crippen LogP contribution in [-0.4, -0.2) is 33.5 Å². The molecule has 3 rings (SSSR count). The van der Waals surface area contributed by atoms with Crippen molar-refractivity contribution in [1.29, 1.82) is 0 Å². The molecule has 0 fully saturated rings. The van der Waals surface area contributed by atoms with E-state index in [1.54, 1.807) is 19.2 Å². The topological polar surface area (TPSA) is 69.0 Å². The Labute approximate surface area is 180 Å². The van der Waals surface area contributed by atoms with Gasteiger partial charge in [-0.2, -0.15) is 0 Å². The highest BCUT2D eigenvalue weighted by Crippen LogP contribution is 2.27. The van der Waals surface area contributed by atoms with Crippen molar-refractivity contribution in [3.05, 3.63) is 52.0 Å². The highest BCUT2D eigenvalue weighted by molar-refractivity contribution is 9.10. The first-order chi connectivity index (χ1) is 13.5. The zero-order valence-corrected chi connectivity index (χ0v) is 18.4. The van der Waals surface area contributed by atoms with E-state index >= 15 is 0 Å². The molecule has 3 aromatic rings. The van der Waals surface area contributed by atoms with Crippen LogP contribution < -0.4 is 10.1 Å². The highest BCUT2D eigenvalue weighted by Gasteiger charge is 2.15. The summed E-state index contributed by atoms with van der Waals surface area (Å²) in [5.41, 5.74) is 1.51. The predicted octanol–water partition coefficient (Wildman–Crippen LogP) is 5.12. The molecule has 0 aliphatic rings. The number of halogens is 2. The average Bonchev–Trinajstić information content (AvgIpc) is 3.11. The summed E-state index contributed by atoms with van der Waals surface area (Å²) in [6.07, 6.45) is 0. The molecule has 1 amide bonds. The first-order valence-electron chi connectivity index (χ1n) is 8.47. The number of benzene rings is 2. The zero-order chi connectivity index (χ0) is 20.1. The maximum Gasteiger partial charge on any atom is 0.234 e. The van der Waals surface area contributed by atoms with Gasteiger partial charge in [0.05, 0.1) is 23.6 Å². The molecule has 9 heteroatoms. The van der Waals surface area contributed by atoms with Gasteiger partial charge in [-0.15, -0.1) is 10.2 Å². The number of aromatic nitrogens is 3. The van der Waals surface area contributed by atoms with Crippen LogP contribution in [0.3, 0.4) is 0 Å². The number of ether oxygens (including phenoxy) is 1. The first kappa shape index (κ1) is 20.7. The van der Waals surface area contributed by atoms with E-state index in [9.17, 15) is 4.79 Å². The summed E-state index contributed by atoms with van der Waals surface area (Å²) in [5, 5.41) is 12.5. The molecule has 0 saturated heterocycles. The van der Waals surface area contributed by atoms with Gasteiger partial charge in [0.15, 0.2) is 11.0 Å². The van der Waals surface area contributed by atoms with E-state index in [2.05, 4.69) is 31.4 Å². The number of amides is 1. The van der Waals surface area contributed by atoms with Crippen LogP contribution in [-0.2, 0) is 11.3 Å². The maximum atomic E-state index is 12.3. The molecule has 146 valence electrons. The van der Waals surface area contributed by atoms with E-state index in [1.807, 2.05) is 41.8 Å². The van der Waals surface area contributed by atoms with Crippen LogP contribution in [0.15, 0.2) is 52.1 Å². The number of thioether (sulfide) groups is 1. The van der Waals surface area contributed by atoms with Crippen LogP contribution in [0.4, 0.5) is 5.69 Å². The van der Waals surface area contributed by atoms with Gasteiger partial charge in [-0.25, -0.2) is 0 Å². The largest absolute Gasteiger partial charge is 0.497 e. The highest BCUT2D eigenvalue weighted by atomic mass is 79.9. The van der Waals surface area contributed by atoms with Crippen molar-refractivity contribution in [3.8, 4) is 17.1 Å². The second kappa shape index (κ2) is 9.45. The van der Waals surface area contributed by atoms with Gasteiger partial charge < -0.3 is 14.6 Å². The Morgan fingerprint density at radius 3 is 2.64 bits per heavy atom. The molecule has 0 saturated carbocycles. The molecule has 0 radical (unpaired) electrons. The number of hydrogen-bond acceptors (Lipinski definition) is 5. The van der Waals surface area contributed by atoms with E-state index < -0.39 is 0 Å². The molecular weight excluding hydrogens is 464 g/mol. The number of anilines is 1. The molecule has 0 aliphatic heterocycles. The van der Waals surface area contributed by atoms with Gasteiger partial charge in [-0.1, -0.05) is 39.3 Å². The normalized spacial score (nSPS) is 10.7. The van der Waals surface area contributed by atoms with Crippen molar-refractivity contribution >= 4 is 50.9 Å². The van der Waals surface area contributed by atoms with Gasteiger partial charge in [0.2, 0.25) is 5.91 Å². The fourth-order valence-corrected chi connectivity index (χ4v) is 4.06. The minimum absolute atomic E-state index is 0.161. The molecule has 1 N–H and O–H groups in total. The van der Waals surface area contributed by atoms with Crippen LogP contribution in [0.2, 0.25) is 5.02 Å². The Hall–Kier alpha value is -2.03. The molecule has 0 spiro atoms. The van der Waals surface area contributed by atoms with Crippen LogP contribution >= 0.6 is 39.3 Å². The smallest absolute Gasteiger partial charge is 0.234 e. The number of carbonyl (C=O) groups is 1. The Kier molecular flexibility index (Phi) is 6.98. The van der Waals surface area contributed by atoms with Crippen LogP contribution in [0, 0.1) is 0 Å². The second-order valence-electron chi connectivity index (χ2n) is 5.74. The van der Waals surface area contributed by atoms with Gasteiger partial charge in [0, 0.05) is 16.6 Å². The molecule has 0 atom stereocenters. The van der Waals surface area contributed by atoms with Crippen LogP contribution in [0.25, 0.3) is 11.4 Å². The van der Waals surface area contributed by atoms with Crippen molar-refractivity contribution in [1.82, 2.24) is 14.8 Å². The summed E-state index contributed by atoms with van der Waals surface area (Å²) < 4.78 is 8.02. The molecule has 6 nitrogen and oxygen atoms in total. The third-order valence-electron chi connectivity index (χ3n) is 3.92.